The highest BCUT2D eigenvalue weighted by atomic mass is 19.4. The summed E-state index contributed by atoms with van der Waals surface area (Å²) in [5, 5.41) is 15.9. The molecule has 0 aliphatic carbocycles. The van der Waals surface area contributed by atoms with Crippen LogP contribution in [0.5, 0.6) is 11.8 Å². The van der Waals surface area contributed by atoms with Gasteiger partial charge in [0.05, 0.1) is 38.0 Å². The molecule has 10 heteroatoms. The predicted octanol–water partition coefficient (Wildman–Crippen LogP) is 3.98. The Morgan fingerprint density at radius 2 is 1.83 bits per heavy atom. The standard InChI is InChI=1S/C19H16F3N5O2/c1-28-15-7-3-12(4-8-15)11-27-17(25-18(26-27)29-2)24-14-6-5-13(10-23)16(9-14)19(20,21)22/h3-9H,11H2,1-2H3,(H,24,25,26). The van der Waals surface area contributed by atoms with E-state index in [9.17, 15) is 13.2 Å². The van der Waals surface area contributed by atoms with Gasteiger partial charge in [-0.1, -0.05) is 12.1 Å². The van der Waals surface area contributed by atoms with E-state index in [4.69, 9.17) is 14.7 Å². The molecule has 0 saturated heterocycles. The van der Waals surface area contributed by atoms with Crippen LogP contribution in [0.3, 0.4) is 0 Å². The molecule has 0 aliphatic rings. The van der Waals surface area contributed by atoms with Crippen LogP contribution >= 0.6 is 0 Å². The molecule has 1 N–H and O–H groups in total. The molecule has 0 aliphatic heterocycles. The molecule has 0 atom stereocenters. The van der Waals surface area contributed by atoms with Gasteiger partial charge >= 0.3 is 12.2 Å². The van der Waals surface area contributed by atoms with Gasteiger partial charge in [0.1, 0.15) is 5.75 Å². The van der Waals surface area contributed by atoms with Gasteiger partial charge in [0.25, 0.3) is 0 Å². The number of hydrogen-bond acceptors (Lipinski definition) is 6. The Balaban J connectivity index is 1.91. The number of hydrogen-bond donors (Lipinski definition) is 1. The van der Waals surface area contributed by atoms with Crippen molar-refractivity contribution >= 4 is 11.6 Å². The monoisotopic (exact) mass is 403 g/mol. The summed E-state index contributed by atoms with van der Waals surface area (Å²) in [6.07, 6.45) is -4.66. The maximum absolute atomic E-state index is 13.2. The van der Waals surface area contributed by atoms with E-state index in [2.05, 4.69) is 15.4 Å². The highest BCUT2D eigenvalue weighted by Crippen LogP contribution is 2.34. The number of nitrogens with zero attached hydrogens (tertiary/aromatic N) is 4. The lowest BCUT2D eigenvalue weighted by Gasteiger charge is -2.12. The molecule has 0 spiro atoms. The van der Waals surface area contributed by atoms with Gasteiger partial charge in [0.2, 0.25) is 5.95 Å². The molecule has 1 heterocycles. The quantitative estimate of drug-likeness (QED) is 0.670. The third kappa shape index (κ3) is 4.57. The summed E-state index contributed by atoms with van der Waals surface area (Å²) in [5.41, 5.74) is -0.502. The second-order valence-electron chi connectivity index (χ2n) is 5.92. The lowest BCUT2D eigenvalue weighted by molar-refractivity contribution is -0.137. The Morgan fingerprint density at radius 1 is 1.10 bits per heavy atom. The van der Waals surface area contributed by atoms with E-state index in [1.54, 1.807) is 25.3 Å². The van der Waals surface area contributed by atoms with Gasteiger partial charge < -0.3 is 14.8 Å². The van der Waals surface area contributed by atoms with Crippen LogP contribution < -0.4 is 14.8 Å². The molecule has 150 valence electrons. The van der Waals surface area contributed by atoms with Crippen LogP contribution in [0.1, 0.15) is 16.7 Å². The third-order valence-electron chi connectivity index (χ3n) is 4.03. The minimum absolute atomic E-state index is 0.0608. The molecule has 0 fully saturated rings. The summed E-state index contributed by atoms with van der Waals surface area (Å²) in [6.45, 7) is 0.297. The Hall–Kier alpha value is -3.74. The molecule has 3 aromatic rings. The number of halogens is 3. The van der Waals surface area contributed by atoms with Crippen molar-refractivity contribution in [1.82, 2.24) is 14.8 Å². The van der Waals surface area contributed by atoms with Gasteiger partial charge in [-0.2, -0.15) is 23.4 Å². The molecule has 7 nitrogen and oxygen atoms in total. The van der Waals surface area contributed by atoms with Crippen LogP contribution in [0.15, 0.2) is 42.5 Å². The first kappa shape index (κ1) is 20.0. The van der Waals surface area contributed by atoms with E-state index < -0.39 is 17.3 Å². The van der Waals surface area contributed by atoms with Gasteiger partial charge in [-0.05, 0) is 35.9 Å². The minimum Gasteiger partial charge on any atom is -0.497 e. The van der Waals surface area contributed by atoms with E-state index in [0.717, 1.165) is 17.7 Å². The van der Waals surface area contributed by atoms with Crippen molar-refractivity contribution in [2.24, 2.45) is 0 Å². The highest BCUT2D eigenvalue weighted by Gasteiger charge is 2.34. The SMILES string of the molecule is COc1ccc(Cn2nc(OC)nc2Nc2ccc(C#N)c(C(F)(F)F)c2)cc1. The van der Waals surface area contributed by atoms with Gasteiger partial charge in [-0.15, -0.1) is 5.10 Å². The molecular weight excluding hydrogens is 387 g/mol. The van der Waals surface area contributed by atoms with Crippen molar-refractivity contribution in [3.8, 4) is 17.8 Å². The van der Waals surface area contributed by atoms with Crippen LogP contribution in [-0.4, -0.2) is 29.0 Å². The van der Waals surface area contributed by atoms with Gasteiger partial charge in [0.15, 0.2) is 0 Å². The molecule has 1 aromatic heterocycles. The number of nitriles is 1. The molecule has 0 radical (unpaired) electrons. The average Bonchev–Trinajstić information content (AvgIpc) is 3.09. The number of benzene rings is 2. The second kappa shape index (κ2) is 8.10. The number of methoxy groups -OCH3 is 2. The largest absolute Gasteiger partial charge is 0.497 e. The zero-order chi connectivity index (χ0) is 21.0. The fourth-order valence-electron chi connectivity index (χ4n) is 2.60. The fourth-order valence-corrected chi connectivity index (χ4v) is 2.60. The lowest BCUT2D eigenvalue weighted by Crippen LogP contribution is -2.10. The molecule has 0 amide bonds. The van der Waals surface area contributed by atoms with Crippen molar-refractivity contribution in [3.63, 3.8) is 0 Å². The number of alkyl halides is 3. The molecule has 3 rings (SSSR count). The van der Waals surface area contributed by atoms with Crippen LogP contribution in [0.4, 0.5) is 24.8 Å². The summed E-state index contributed by atoms with van der Waals surface area (Å²) in [5.74, 6) is 0.885. The van der Waals surface area contributed by atoms with E-state index >= 15 is 0 Å². The molecule has 29 heavy (non-hydrogen) atoms. The van der Waals surface area contributed by atoms with E-state index in [1.807, 2.05) is 12.1 Å². The zero-order valence-electron chi connectivity index (χ0n) is 15.5. The first-order valence-corrected chi connectivity index (χ1v) is 8.34. The molecule has 0 bridgehead atoms. The van der Waals surface area contributed by atoms with Crippen molar-refractivity contribution in [2.75, 3.05) is 19.5 Å². The summed E-state index contributed by atoms with van der Waals surface area (Å²) < 4.78 is 51.2. The maximum Gasteiger partial charge on any atom is 0.417 e. The van der Waals surface area contributed by atoms with E-state index in [0.29, 0.717) is 12.3 Å². The Morgan fingerprint density at radius 3 is 2.41 bits per heavy atom. The van der Waals surface area contributed by atoms with E-state index in [1.165, 1.54) is 17.9 Å². The van der Waals surface area contributed by atoms with E-state index in [-0.39, 0.29) is 17.6 Å². The average molecular weight is 403 g/mol. The smallest absolute Gasteiger partial charge is 0.417 e. The van der Waals surface area contributed by atoms with Crippen LogP contribution in [0.2, 0.25) is 0 Å². The Labute approximate surface area is 164 Å². The summed E-state index contributed by atoms with van der Waals surface area (Å²) in [6, 6.07) is 12.2. The second-order valence-corrected chi connectivity index (χ2v) is 5.92. The van der Waals surface area contributed by atoms with Gasteiger partial charge in [-0.3, -0.25) is 0 Å². The van der Waals surface area contributed by atoms with Crippen molar-refractivity contribution in [2.45, 2.75) is 12.7 Å². The van der Waals surface area contributed by atoms with Gasteiger partial charge in [-0.25, -0.2) is 4.68 Å². The molecular formula is C19H16F3N5O2. The zero-order valence-corrected chi connectivity index (χ0v) is 15.5. The Bertz CT molecular complexity index is 1040. The summed E-state index contributed by atoms with van der Waals surface area (Å²) in [4.78, 5) is 4.14. The molecule has 0 saturated carbocycles. The number of anilines is 2. The van der Waals surface area contributed by atoms with Crippen LogP contribution in [0, 0.1) is 11.3 Å². The highest BCUT2D eigenvalue weighted by molar-refractivity contribution is 5.58. The normalized spacial score (nSPS) is 11.0. The topological polar surface area (TPSA) is 85.0 Å². The van der Waals surface area contributed by atoms with Crippen molar-refractivity contribution in [3.05, 3.63) is 59.2 Å². The number of aromatic nitrogens is 3. The van der Waals surface area contributed by atoms with Crippen LogP contribution in [-0.2, 0) is 12.7 Å². The van der Waals surface area contributed by atoms with Crippen molar-refractivity contribution < 1.29 is 22.6 Å². The first-order chi connectivity index (χ1) is 13.8. The lowest BCUT2D eigenvalue weighted by atomic mass is 10.1. The first-order valence-electron chi connectivity index (χ1n) is 8.34. The molecule has 0 unspecified atom stereocenters. The minimum atomic E-state index is -4.66. The van der Waals surface area contributed by atoms with Crippen molar-refractivity contribution in [1.29, 1.82) is 5.26 Å². The molecule has 2 aromatic carbocycles. The third-order valence-corrected chi connectivity index (χ3v) is 4.03. The summed E-state index contributed by atoms with van der Waals surface area (Å²) in [7, 11) is 2.95. The number of ether oxygens (including phenoxy) is 2. The van der Waals surface area contributed by atoms with Gasteiger partial charge in [0, 0.05) is 5.69 Å². The predicted molar refractivity (Wildman–Crippen MR) is 98.1 cm³/mol. The summed E-state index contributed by atoms with van der Waals surface area (Å²) >= 11 is 0. The van der Waals surface area contributed by atoms with Crippen LogP contribution in [0.25, 0.3) is 0 Å². The number of nitrogens with one attached hydrogen (secondary N) is 1. The Kier molecular flexibility index (Phi) is 5.59. The number of rotatable bonds is 6. The fraction of sp³-hybridized carbons (Fsp3) is 0.211. The maximum atomic E-state index is 13.2.